The van der Waals surface area contributed by atoms with Crippen LogP contribution in [0.5, 0.6) is 0 Å². The van der Waals surface area contributed by atoms with Gasteiger partial charge >= 0.3 is 0 Å². The molecular weight excluding hydrogens is 396 g/mol. The number of rotatable bonds is 1. The minimum absolute atomic E-state index is 0.609. The summed E-state index contributed by atoms with van der Waals surface area (Å²) in [6, 6.07) is 6.26. The van der Waals surface area contributed by atoms with Crippen molar-refractivity contribution in [3.8, 4) is 11.5 Å². The zero-order valence-corrected chi connectivity index (χ0v) is 15.1. The van der Waals surface area contributed by atoms with E-state index in [-0.39, 0.29) is 0 Å². The Morgan fingerprint density at radius 1 is 1.00 bits per heavy atom. The molecular formula is C16H14Br2N2O. The van der Waals surface area contributed by atoms with E-state index in [9.17, 15) is 0 Å². The van der Waals surface area contributed by atoms with Crippen molar-refractivity contribution in [2.45, 2.75) is 20.8 Å². The van der Waals surface area contributed by atoms with Crippen molar-refractivity contribution in [1.29, 1.82) is 0 Å². The van der Waals surface area contributed by atoms with E-state index in [1.807, 2.05) is 6.92 Å². The third kappa shape index (κ3) is 2.38. The van der Waals surface area contributed by atoms with Crippen molar-refractivity contribution >= 4 is 48.6 Å². The van der Waals surface area contributed by atoms with E-state index in [1.54, 1.807) is 0 Å². The Labute approximate surface area is 139 Å². The van der Waals surface area contributed by atoms with Gasteiger partial charge in [0, 0.05) is 15.6 Å². The normalized spacial score (nSPS) is 11.3. The summed E-state index contributed by atoms with van der Waals surface area (Å²) in [5.41, 5.74) is 12.5. The van der Waals surface area contributed by atoms with E-state index in [0.717, 1.165) is 31.2 Å². The van der Waals surface area contributed by atoms with Crippen LogP contribution in [0.4, 0.5) is 5.69 Å². The first-order chi connectivity index (χ1) is 9.88. The first-order valence-electron chi connectivity index (χ1n) is 6.50. The summed E-state index contributed by atoms with van der Waals surface area (Å²) in [7, 11) is 0. The molecule has 0 aliphatic carbocycles. The average molecular weight is 410 g/mol. The summed E-state index contributed by atoms with van der Waals surface area (Å²) in [5, 5.41) is 0. The maximum Gasteiger partial charge on any atom is 0.227 e. The second-order valence-electron chi connectivity index (χ2n) is 5.24. The molecule has 3 aromatic rings. The highest BCUT2D eigenvalue weighted by molar-refractivity contribution is 9.11. The number of oxazole rings is 1. The van der Waals surface area contributed by atoms with Gasteiger partial charge in [0.25, 0.3) is 0 Å². The molecule has 0 bridgehead atoms. The first kappa shape index (κ1) is 14.6. The summed E-state index contributed by atoms with van der Waals surface area (Å²) in [6.45, 7) is 6.09. The second kappa shape index (κ2) is 5.14. The van der Waals surface area contributed by atoms with Gasteiger partial charge in [0.1, 0.15) is 5.52 Å². The molecule has 0 aliphatic heterocycles. The number of aromatic nitrogens is 1. The molecule has 2 N–H and O–H groups in total. The molecule has 0 amide bonds. The van der Waals surface area contributed by atoms with Crippen LogP contribution < -0.4 is 5.73 Å². The SMILES string of the molecule is Cc1cc(C)cc(-c2nc3c(Br)c(N)c(Br)c(C)c3o2)c1. The Kier molecular flexibility index (Phi) is 3.58. The molecule has 0 radical (unpaired) electrons. The second-order valence-corrected chi connectivity index (χ2v) is 6.83. The quantitative estimate of drug-likeness (QED) is 0.537. The van der Waals surface area contributed by atoms with Gasteiger partial charge in [-0.05, 0) is 64.8 Å². The highest BCUT2D eigenvalue weighted by Gasteiger charge is 2.18. The van der Waals surface area contributed by atoms with Crippen LogP contribution in [0.15, 0.2) is 31.6 Å². The molecule has 0 saturated carbocycles. The van der Waals surface area contributed by atoms with Gasteiger partial charge in [-0.25, -0.2) is 4.98 Å². The van der Waals surface area contributed by atoms with Crippen LogP contribution in [0.3, 0.4) is 0 Å². The molecule has 5 heteroatoms. The fourth-order valence-corrected chi connectivity index (χ4v) is 3.58. The fourth-order valence-electron chi connectivity index (χ4n) is 2.47. The van der Waals surface area contributed by atoms with E-state index in [1.165, 1.54) is 11.1 Å². The lowest BCUT2D eigenvalue weighted by Crippen LogP contribution is -1.92. The molecule has 0 fully saturated rings. The summed E-state index contributed by atoms with van der Waals surface area (Å²) in [5.74, 6) is 0.609. The maximum absolute atomic E-state index is 6.07. The Morgan fingerprint density at radius 2 is 1.62 bits per heavy atom. The third-order valence-electron chi connectivity index (χ3n) is 3.45. The molecule has 0 spiro atoms. The predicted molar refractivity (Wildman–Crippen MR) is 93.5 cm³/mol. The van der Waals surface area contributed by atoms with Crippen molar-refractivity contribution in [3.05, 3.63) is 43.8 Å². The zero-order valence-electron chi connectivity index (χ0n) is 11.9. The molecule has 2 aromatic carbocycles. The minimum atomic E-state index is 0.609. The molecule has 0 atom stereocenters. The van der Waals surface area contributed by atoms with Crippen molar-refractivity contribution in [3.63, 3.8) is 0 Å². The van der Waals surface area contributed by atoms with Gasteiger partial charge in [0.2, 0.25) is 5.89 Å². The Balaban J connectivity index is 2.31. The van der Waals surface area contributed by atoms with Crippen molar-refractivity contribution in [2.75, 3.05) is 5.73 Å². The van der Waals surface area contributed by atoms with Gasteiger partial charge in [0.05, 0.1) is 10.2 Å². The van der Waals surface area contributed by atoms with Crippen molar-refractivity contribution in [2.24, 2.45) is 0 Å². The highest BCUT2D eigenvalue weighted by atomic mass is 79.9. The Morgan fingerprint density at radius 3 is 2.24 bits per heavy atom. The number of nitrogen functional groups attached to an aromatic ring is 1. The van der Waals surface area contributed by atoms with Crippen LogP contribution in [0.2, 0.25) is 0 Å². The lowest BCUT2D eigenvalue weighted by Gasteiger charge is -2.05. The summed E-state index contributed by atoms with van der Waals surface area (Å²) < 4.78 is 7.58. The van der Waals surface area contributed by atoms with Crippen LogP contribution >= 0.6 is 31.9 Å². The molecule has 0 aliphatic rings. The number of fused-ring (bicyclic) bond motifs is 1. The molecule has 1 heterocycles. The van der Waals surface area contributed by atoms with E-state index in [4.69, 9.17) is 10.2 Å². The zero-order chi connectivity index (χ0) is 15.3. The van der Waals surface area contributed by atoms with Gasteiger partial charge in [0.15, 0.2) is 5.58 Å². The van der Waals surface area contributed by atoms with Crippen LogP contribution in [-0.4, -0.2) is 4.98 Å². The van der Waals surface area contributed by atoms with E-state index in [0.29, 0.717) is 11.6 Å². The number of aryl methyl sites for hydroxylation is 3. The van der Waals surface area contributed by atoms with Crippen LogP contribution in [0.1, 0.15) is 16.7 Å². The molecule has 108 valence electrons. The first-order valence-corrected chi connectivity index (χ1v) is 8.09. The monoisotopic (exact) mass is 408 g/mol. The lowest BCUT2D eigenvalue weighted by atomic mass is 10.1. The van der Waals surface area contributed by atoms with Crippen molar-refractivity contribution < 1.29 is 4.42 Å². The number of anilines is 1. The number of benzene rings is 2. The molecule has 21 heavy (non-hydrogen) atoms. The number of hydrogen-bond acceptors (Lipinski definition) is 3. The number of hydrogen-bond donors (Lipinski definition) is 1. The average Bonchev–Trinajstić information content (AvgIpc) is 2.87. The molecule has 1 aromatic heterocycles. The number of halogens is 2. The topological polar surface area (TPSA) is 52.0 Å². The standard InChI is InChI=1S/C16H14Br2N2O/c1-7-4-8(2)6-10(5-7)16-20-14-12(18)13(19)11(17)9(3)15(14)21-16/h4-6H,19H2,1-3H3. The smallest absolute Gasteiger partial charge is 0.227 e. The summed E-state index contributed by atoms with van der Waals surface area (Å²) in [4.78, 5) is 4.61. The van der Waals surface area contributed by atoms with E-state index >= 15 is 0 Å². The molecule has 0 unspecified atom stereocenters. The number of nitrogens with zero attached hydrogens (tertiary/aromatic N) is 1. The van der Waals surface area contributed by atoms with Crippen LogP contribution in [0, 0.1) is 20.8 Å². The third-order valence-corrected chi connectivity index (χ3v) is 5.27. The van der Waals surface area contributed by atoms with Crippen LogP contribution in [0.25, 0.3) is 22.6 Å². The van der Waals surface area contributed by atoms with Gasteiger partial charge < -0.3 is 10.2 Å². The minimum Gasteiger partial charge on any atom is -0.436 e. The Hall–Kier alpha value is -1.33. The Bertz CT molecular complexity index is 803. The fraction of sp³-hybridized carbons (Fsp3) is 0.188. The molecule has 3 rings (SSSR count). The van der Waals surface area contributed by atoms with Gasteiger partial charge in [-0.1, -0.05) is 17.2 Å². The predicted octanol–water partition coefficient (Wildman–Crippen LogP) is 5.53. The van der Waals surface area contributed by atoms with Crippen molar-refractivity contribution in [1.82, 2.24) is 4.98 Å². The maximum atomic E-state index is 6.07. The largest absolute Gasteiger partial charge is 0.436 e. The van der Waals surface area contributed by atoms with Gasteiger partial charge in [-0.2, -0.15) is 0 Å². The van der Waals surface area contributed by atoms with E-state index in [2.05, 4.69) is 68.9 Å². The van der Waals surface area contributed by atoms with Gasteiger partial charge in [-0.3, -0.25) is 0 Å². The molecule has 0 saturated heterocycles. The summed E-state index contributed by atoms with van der Waals surface area (Å²) in [6.07, 6.45) is 0. The van der Waals surface area contributed by atoms with Crippen LogP contribution in [-0.2, 0) is 0 Å². The lowest BCUT2D eigenvalue weighted by molar-refractivity contribution is 0.617. The molecule has 3 nitrogen and oxygen atoms in total. The van der Waals surface area contributed by atoms with Gasteiger partial charge in [-0.15, -0.1) is 0 Å². The summed E-state index contributed by atoms with van der Waals surface area (Å²) >= 11 is 7.00. The highest BCUT2D eigenvalue weighted by Crippen LogP contribution is 2.40. The van der Waals surface area contributed by atoms with E-state index < -0.39 is 0 Å². The number of nitrogens with two attached hydrogens (primary N) is 1.